The van der Waals surface area contributed by atoms with Crippen LogP contribution in [0.3, 0.4) is 0 Å². The molecule has 0 saturated heterocycles. The van der Waals surface area contributed by atoms with Gasteiger partial charge in [-0.05, 0) is 36.4 Å². The molecule has 104 valence electrons. The fourth-order valence-electron chi connectivity index (χ4n) is 1.56. The zero-order chi connectivity index (χ0) is 14.2. The van der Waals surface area contributed by atoms with E-state index >= 15 is 0 Å². The van der Waals surface area contributed by atoms with Gasteiger partial charge in [0.1, 0.15) is 12.4 Å². The zero-order valence-electron chi connectivity index (χ0n) is 10.8. The largest absolute Gasteiger partial charge is 0.492 e. The maximum absolute atomic E-state index is 10.6. The Balaban J connectivity index is 1.82. The average Bonchev–Trinajstić information content (AvgIpc) is 2.46. The Hall–Kier alpha value is -1.59. The van der Waals surface area contributed by atoms with Crippen molar-refractivity contribution in [1.82, 2.24) is 5.32 Å². The van der Waals surface area contributed by atoms with E-state index in [1.807, 2.05) is 42.5 Å². The molecule has 0 aromatic heterocycles. The van der Waals surface area contributed by atoms with E-state index in [0.29, 0.717) is 13.2 Å². The van der Waals surface area contributed by atoms with Gasteiger partial charge in [-0.1, -0.05) is 42.6 Å². The first-order valence-corrected chi connectivity index (χ1v) is 7.43. The van der Waals surface area contributed by atoms with Crippen molar-refractivity contribution in [3.8, 4) is 5.75 Å². The van der Waals surface area contributed by atoms with E-state index < -0.39 is 0 Å². The maximum Gasteiger partial charge on any atom is 0.276 e. The molecule has 0 radical (unpaired) electrons. The molecular formula is C15H15NO2S2. The first-order chi connectivity index (χ1) is 9.74. The first kappa shape index (κ1) is 14.8. The minimum Gasteiger partial charge on any atom is -0.492 e. The van der Waals surface area contributed by atoms with Crippen LogP contribution in [0, 0.1) is 0 Å². The Kier molecular flexibility index (Phi) is 5.83. The molecule has 2 aromatic rings. The molecule has 1 amide bonds. The third-order valence-corrected chi connectivity index (χ3v) is 3.62. The average molecular weight is 305 g/mol. The second kappa shape index (κ2) is 7.87. The highest BCUT2D eigenvalue weighted by molar-refractivity contribution is 7.99. The van der Waals surface area contributed by atoms with E-state index in [0.717, 1.165) is 10.6 Å². The molecule has 0 spiro atoms. The third-order valence-electron chi connectivity index (χ3n) is 2.45. The van der Waals surface area contributed by atoms with Crippen molar-refractivity contribution < 1.29 is 9.53 Å². The van der Waals surface area contributed by atoms with Crippen LogP contribution >= 0.6 is 24.4 Å². The number of carbonyl (C=O) groups excluding carboxylic acids is 1. The molecule has 0 heterocycles. The highest BCUT2D eigenvalue weighted by Gasteiger charge is 1.98. The number of hydrogen-bond acceptors (Lipinski definition) is 3. The molecule has 0 bridgehead atoms. The lowest BCUT2D eigenvalue weighted by Crippen LogP contribution is -2.22. The molecular weight excluding hydrogens is 290 g/mol. The van der Waals surface area contributed by atoms with Crippen molar-refractivity contribution in [3.63, 3.8) is 0 Å². The van der Waals surface area contributed by atoms with E-state index in [9.17, 15) is 4.79 Å². The summed E-state index contributed by atoms with van der Waals surface area (Å²) in [6.07, 6.45) is 0. The molecule has 2 rings (SSSR count). The van der Waals surface area contributed by atoms with Gasteiger partial charge in [-0.25, -0.2) is 0 Å². The minimum atomic E-state index is -0.344. The summed E-state index contributed by atoms with van der Waals surface area (Å²) in [5.41, 5.74) is 0. The van der Waals surface area contributed by atoms with Gasteiger partial charge in [0.05, 0.1) is 6.54 Å². The summed E-state index contributed by atoms with van der Waals surface area (Å²) in [5.74, 6) is 0.788. The Morgan fingerprint density at radius 1 is 1.05 bits per heavy atom. The molecule has 0 saturated carbocycles. The van der Waals surface area contributed by atoms with Gasteiger partial charge >= 0.3 is 0 Å². The molecule has 2 aromatic carbocycles. The molecule has 1 N–H and O–H groups in total. The lowest BCUT2D eigenvalue weighted by molar-refractivity contribution is 0.256. The van der Waals surface area contributed by atoms with Gasteiger partial charge in [-0.3, -0.25) is 4.79 Å². The smallest absolute Gasteiger partial charge is 0.276 e. The van der Waals surface area contributed by atoms with Gasteiger partial charge in [-0.2, -0.15) is 0 Å². The second-order valence-electron chi connectivity index (χ2n) is 3.97. The molecule has 0 aliphatic carbocycles. The summed E-state index contributed by atoms with van der Waals surface area (Å²) in [6, 6.07) is 18.1. The zero-order valence-corrected chi connectivity index (χ0v) is 12.5. The van der Waals surface area contributed by atoms with E-state index in [1.165, 1.54) is 4.90 Å². The Morgan fingerprint density at radius 2 is 1.70 bits per heavy atom. The molecule has 0 fully saturated rings. The number of ether oxygens (including phenoxy) is 1. The van der Waals surface area contributed by atoms with Gasteiger partial charge in [0.15, 0.2) is 0 Å². The number of thiol groups is 1. The van der Waals surface area contributed by atoms with Crippen LogP contribution < -0.4 is 10.1 Å². The van der Waals surface area contributed by atoms with Crippen LogP contribution in [0.4, 0.5) is 4.79 Å². The number of amides is 1. The molecule has 0 atom stereocenters. The van der Waals surface area contributed by atoms with Crippen molar-refractivity contribution >= 4 is 29.6 Å². The monoisotopic (exact) mass is 305 g/mol. The van der Waals surface area contributed by atoms with E-state index in [2.05, 4.69) is 30.1 Å². The van der Waals surface area contributed by atoms with Crippen molar-refractivity contribution in [2.45, 2.75) is 9.79 Å². The van der Waals surface area contributed by atoms with E-state index in [-0.39, 0.29) is 5.24 Å². The highest BCUT2D eigenvalue weighted by atomic mass is 32.2. The Labute approximate surface area is 128 Å². The summed E-state index contributed by atoms with van der Waals surface area (Å²) in [6.45, 7) is 0.875. The number of benzene rings is 2. The van der Waals surface area contributed by atoms with Crippen molar-refractivity contribution in [1.29, 1.82) is 0 Å². The number of hydrogen-bond donors (Lipinski definition) is 2. The lowest BCUT2D eigenvalue weighted by Gasteiger charge is -2.07. The van der Waals surface area contributed by atoms with Crippen LogP contribution in [-0.2, 0) is 0 Å². The SMILES string of the molecule is O=C(S)NCCOc1ccc(Sc2ccccc2)cc1. The summed E-state index contributed by atoms with van der Waals surface area (Å²) >= 11 is 5.32. The fraction of sp³-hybridized carbons (Fsp3) is 0.133. The summed E-state index contributed by atoms with van der Waals surface area (Å²) in [4.78, 5) is 12.9. The van der Waals surface area contributed by atoms with Crippen LogP contribution in [-0.4, -0.2) is 18.4 Å². The Bertz CT molecular complexity index is 544. The van der Waals surface area contributed by atoms with Crippen LogP contribution in [0.1, 0.15) is 0 Å². The summed E-state index contributed by atoms with van der Waals surface area (Å²) < 4.78 is 5.50. The van der Waals surface area contributed by atoms with Gasteiger partial charge in [-0.15, -0.1) is 0 Å². The minimum absolute atomic E-state index is 0.344. The van der Waals surface area contributed by atoms with Crippen LogP contribution in [0.15, 0.2) is 64.4 Å². The number of rotatable bonds is 6. The summed E-state index contributed by atoms with van der Waals surface area (Å²) in [5, 5.41) is 2.21. The number of nitrogens with one attached hydrogen (secondary N) is 1. The number of carbonyl (C=O) groups is 1. The van der Waals surface area contributed by atoms with Crippen LogP contribution in [0.25, 0.3) is 0 Å². The van der Waals surface area contributed by atoms with Gasteiger partial charge in [0.25, 0.3) is 5.24 Å². The van der Waals surface area contributed by atoms with Gasteiger partial charge in [0.2, 0.25) is 0 Å². The predicted octanol–water partition coefficient (Wildman–Crippen LogP) is 3.86. The first-order valence-electron chi connectivity index (χ1n) is 6.16. The van der Waals surface area contributed by atoms with Gasteiger partial charge < -0.3 is 10.1 Å². The molecule has 0 unspecified atom stereocenters. The van der Waals surface area contributed by atoms with E-state index in [1.54, 1.807) is 11.8 Å². The van der Waals surface area contributed by atoms with Gasteiger partial charge in [0, 0.05) is 9.79 Å². The topological polar surface area (TPSA) is 38.3 Å². The summed E-state index contributed by atoms with van der Waals surface area (Å²) in [7, 11) is 0. The van der Waals surface area contributed by atoms with E-state index in [4.69, 9.17) is 4.74 Å². The van der Waals surface area contributed by atoms with Crippen LogP contribution in [0.2, 0.25) is 0 Å². The van der Waals surface area contributed by atoms with Crippen molar-refractivity contribution in [2.75, 3.05) is 13.2 Å². The quantitative estimate of drug-likeness (QED) is 0.629. The standard InChI is InChI=1S/C15H15NO2S2/c17-15(19)16-10-11-18-12-6-8-14(9-7-12)20-13-4-2-1-3-5-13/h1-9H,10-11H2,(H2,16,17,19). The maximum atomic E-state index is 10.6. The second-order valence-corrected chi connectivity index (χ2v) is 5.52. The lowest BCUT2D eigenvalue weighted by atomic mass is 10.3. The van der Waals surface area contributed by atoms with Crippen molar-refractivity contribution in [3.05, 3.63) is 54.6 Å². The molecule has 0 aliphatic heterocycles. The molecule has 20 heavy (non-hydrogen) atoms. The molecule has 0 aliphatic rings. The molecule has 5 heteroatoms. The highest BCUT2D eigenvalue weighted by Crippen LogP contribution is 2.28. The fourth-order valence-corrected chi connectivity index (χ4v) is 2.50. The van der Waals surface area contributed by atoms with Crippen molar-refractivity contribution in [2.24, 2.45) is 0 Å². The third kappa shape index (κ3) is 5.19. The van der Waals surface area contributed by atoms with Crippen LogP contribution in [0.5, 0.6) is 5.75 Å². The molecule has 3 nitrogen and oxygen atoms in total. The normalized spacial score (nSPS) is 10.1. The Morgan fingerprint density at radius 3 is 2.35 bits per heavy atom. The predicted molar refractivity (Wildman–Crippen MR) is 84.9 cm³/mol.